The van der Waals surface area contributed by atoms with E-state index in [0.717, 1.165) is 5.56 Å². The minimum Gasteiger partial charge on any atom is -0.505 e. The standard InChI is InChI=1S/C14H18O4/c1-17-9-5-8-11-12(15)13(16)14(18-11)10-6-3-2-4-7-10/h2-7,9,11-16H,8H2,1H3/b9-5-/t11-,12+,13+,14+/m0/s1. The highest BCUT2D eigenvalue weighted by molar-refractivity contribution is 5.20. The monoisotopic (exact) mass is 250 g/mol. The van der Waals surface area contributed by atoms with Gasteiger partial charge in [0.05, 0.1) is 19.5 Å². The summed E-state index contributed by atoms with van der Waals surface area (Å²) in [6, 6.07) is 9.44. The van der Waals surface area contributed by atoms with Crippen LogP contribution >= 0.6 is 0 Å². The smallest absolute Gasteiger partial charge is 0.113 e. The fraction of sp³-hybridized carbons (Fsp3) is 0.429. The minimum atomic E-state index is -0.895. The maximum Gasteiger partial charge on any atom is 0.113 e. The Hall–Kier alpha value is -1.36. The van der Waals surface area contributed by atoms with Crippen LogP contribution in [-0.4, -0.2) is 35.6 Å². The van der Waals surface area contributed by atoms with E-state index in [9.17, 15) is 10.2 Å². The summed E-state index contributed by atoms with van der Waals surface area (Å²) in [7, 11) is 1.56. The van der Waals surface area contributed by atoms with Crippen molar-refractivity contribution in [1.29, 1.82) is 0 Å². The van der Waals surface area contributed by atoms with Crippen molar-refractivity contribution in [3.8, 4) is 0 Å². The largest absolute Gasteiger partial charge is 0.505 e. The molecule has 0 bridgehead atoms. The lowest BCUT2D eigenvalue weighted by Gasteiger charge is -2.14. The van der Waals surface area contributed by atoms with Gasteiger partial charge < -0.3 is 19.7 Å². The number of rotatable bonds is 4. The summed E-state index contributed by atoms with van der Waals surface area (Å²) in [6.45, 7) is 0. The number of benzene rings is 1. The Morgan fingerprint density at radius 3 is 2.61 bits per heavy atom. The Morgan fingerprint density at radius 2 is 1.94 bits per heavy atom. The average molecular weight is 250 g/mol. The van der Waals surface area contributed by atoms with Gasteiger partial charge in [0.2, 0.25) is 0 Å². The Kier molecular flexibility index (Phi) is 4.36. The van der Waals surface area contributed by atoms with Crippen molar-refractivity contribution in [2.24, 2.45) is 0 Å². The van der Waals surface area contributed by atoms with Crippen LogP contribution in [0.1, 0.15) is 18.1 Å². The number of aliphatic hydroxyl groups excluding tert-OH is 2. The van der Waals surface area contributed by atoms with E-state index < -0.39 is 24.4 Å². The van der Waals surface area contributed by atoms with Crippen LogP contribution in [0.25, 0.3) is 0 Å². The van der Waals surface area contributed by atoms with Gasteiger partial charge in [0, 0.05) is 0 Å². The summed E-state index contributed by atoms with van der Waals surface area (Å²) >= 11 is 0. The van der Waals surface area contributed by atoms with Gasteiger partial charge in [0.25, 0.3) is 0 Å². The van der Waals surface area contributed by atoms with Crippen molar-refractivity contribution >= 4 is 0 Å². The lowest BCUT2D eigenvalue weighted by molar-refractivity contribution is 0.00860. The molecule has 0 unspecified atom stereocenters. The zero-order valence-corrected chi connectivity index (χ0v) is 10.3. The Bertz CT molecular complexity index is 390. The molecule has 4 atom stereocenters. The zero-order valence-electron chi connectivity index (χ0n) is 10.3. The van der Waals surface area contributed by atoms with Crippen LogP contribution in [0.15, 0.2) is 42.7 Å². The van der Waals surface area contributed by atoms with Crippen LogP contribution in [0.3, 0.4) is 0 Å². The predicted molar refractivity (Wildman–Crippen MR) is 66.8 cm³/mol. The molecule has 0 amide bonds. The summed E-state index contributed by atoms with van der Waals surface area (Å²) in [6.07, 6.45) is 1.17. The molecule has 18 heavy (non-hydrogen) atoms. The lowest BCUT2D eigenvalue weighted by Crippen LogP contribution is -2.30. The van der Waals surface area contributed by atoms with E-state index in [4.69, 9.17) is 9.47 Å². The first-order chi connectivity index (χ1) is 8.74. The second kappa shape index (κ2) is 6.00. The van der Waals surface area contributed by atoms with E-state index in [-0.39, 0.29) is 0 Å². The lowest BCUT2D eigenvalue weighted by atomic mass is 10.0. The van der Waals surface area contributed by atoms with Crippen molar-refractivity contribution in [2.45, 2.75) is 30.8 Å². The zero-order chi connectivity index (χ0) is 13.0. The Morgan fingerprint density at radius 1 is 1.22 bits per heavy atom. The molecule has 1 aromatic carbocycles. The van der Waals surface area contributed by atoms with Crippen LogP contribution in [0.4, 0.5) is 0 Å². The normalized spacial score (nSPS) is 31.9. The molecular weight excluding hydrogens is 232 g/mol. The minimum absolute atomic E-state index is 0.406. The number of ether oxygens (including phenoxy) is 2. The summed E-state index contributed by atoms with van der Waals surface area (Å²) in [5, 5.41) is 19.9. The highest BCUT2D eigenvalue weighted by Crippen LogP contribution is 2.34. The number of methoxy groups -OCH3 is 1. The molecule has 2 rings (SSSR count). The quantitative estimate of drug-likeness (QED) is 0.793. The second-order valence-corrected chi connectivity index (χ2v) is 4.33. The fourth-order valence-corrected chi connectivity index (χ4v) is 2.15. The molecule has 0 radical (unpaired) electrons. The van der Waals surface area contributed by atoms with Crippen LogP contribution in [-0.2, 0) is 9.47 Å². The van der Waals surface area contributed by atoms with E-state index in [1.807, 2.05) is 30.3 Å². The molecule has 0 aliphatic carbocycles. The van der Waals surface area contributed by atoms with Gasteiger partial charge in [-0.3, -0.25) is 0 Å². The van der Waals surface area contributed by atoms with Crippen LogP contribution < -0.4 is 0 Å². The molecule has 1 heterocycles. The molecule has 98 valence electrons. The van der Waals surface area contributed by atoms with Crippen LogP contribution in [0.2, 0.25) is 0 Å². The van der Waals surface area contributed by atoms with Crippen molar-refractivity contribution in [3.63, 3.8) is 0 Å². The molecule has 0 aromatic heterocycles. The third kappa shape index (κ3) is 2.72. The Labute approximate surface area is 106 Å². The molecule has 2 N–H and O–H groups in total. The SMILES string of the molecule is CO/C=C\C[C@@H]1O[C@H](c2ccccc2)[C@H](O)[C@@H]1O. The first-order valence-electron chi connectivity index (χ1n) is 5.98. The van der Waals surface area contributed by atoms with Gasteiger partial charge in [-0.2, -0.15) is 0 Å². The molecule has 1 aromatic rings. The maximum atomic E-state index is 10.0. The summed E-state index contributed by atoms with van der Waals surface area (Å²) in [4.78, 5) is 0. The van der Waals surface area contributed by atoms with Crippen molar-refractivity contribution in [1.82, 2.24) is 0 Å². The highest BCUT2D eigenvalue weighted by atomic mass is 16.5. The van der Waals surface area contributed by atoms with Crippen molar-refractivity contribution in [3.05, 3.63) is 48.2 Å². The molecule has 4 nitrogen and oxygen atoms in total. The van der Waals surface area contributed by atoms with Crippen molar-refractivity contribution in [2.75, 3.05) is 7.11 Å². The van der Waals surface area contributed by atoms with Gasteiger partial charge in [-0.1, -0.05) is 30.3 Å². The number of hydrogen-bond acceptors (Lipinski definition) is 4. The molecule has 0 spiro atoms. The van der Waals surface area contributed by atoms with E-state index in [0.29, 0.717) is 6.42 Å². The van der Waals surface area contributed by atoms with Gasteiger partial charge in [-0.25, -0.2) is 0 Å². The van der Waals surface area contributed by atoms with E-state index in [1.54, 1.807) is 13.2 Å². The highest BCUT2D eigenvalue weighted by Gasteiger charge is 2.42. The fourth-order valence-electron chi connectivity index (χ4n) is 2.15. The van der Waals surface area contributed by atoms with Gasteiger partial charge in [0.15, 0.2) is 0 Å². The van der Waals surface area contributed by atoms with Gasteiger partial charge >= 0.3 is 0 Å². The molecule has 1 aliphatic rings. The Balaban J connectivity index is 2.05. The summed E-state index contributed by atoms with van der Waals surface area (Å²) < 4.78 is 10.5. The van der Waals surface area contributed by atoms with Gasteiger partial charge in [-0.05, 0) is 18.1 Å². The molecule has 4 heteroatoms. The van der Waals surface area contributed by atoms with E-state index >= 15 is 0 Å². The van der Waals surface area contributed by atoms with E-state index in [2.05, 4.69) is 0 Å². The average Bonchev–Trinajstić information content (AvgIpc) is 2.68. The topological polar surface area (TPSA) is 58.9 Å². The van der Waals surface area contributed by atoms with Gasteiger partial charge in [-0.15, -0.1) is 0 Å². The molecule has 1 saturated heterocycles. The molecule has 1 aliphatic heterocycles. The third-order valence-corrected chi connectivity index (χ3v) is 3.09. The first-order valence-corrected chi connectivity index (χ1v) is 5.98. The summed E-state index contributed by atoms with van der Waals surface area (Å²) in [5.74, 6) is 0. The van der Waals surface area contributed by atoms with Crippen molar-refractivity contribution < 1.29 is 19.7 Å². The van der Waals surface area contributed by atoms with Crippen LogP contribution in [0.5, 0.6) is 0 Å². The first kappa shape index (κ1) is 13.1. The maximum absolute atomic E-state index is 10.0. The third-order valence-electron chi connectivity index (χ3n) is 3.09. The van der Waals surface area contributed by atoms with E-state index in [1.165, 1.54) is 6.26 Å². The molecular formula is C14H18O4. The van der Waals surface area contributed by atoms with Crippen LogP contribution in [0, 0.1) is 0 Å². The predicted octanol–water partition coefficient (Wildman–Crippen LogP) is 1.40. The number of aliphatic hydroxyl groups is 2. The summed E-state index contributed by atoms with van der Waals surface area (Å²) in [5.41, 5.74) is 0.877. The number of hydrogen-bond donors (Lipinski definition) is 2. The van der Waals surface area contributed by atoms with Gasteiger partial charge in [0.1, 0.15) is 18.3 Å². The molecule has 0 saturated carbocycles. The molecule has 1 fully saturated rings. The second-order valence-electron chi connectivity index (χ2n) is 4.33.